The lowest BCUT2D eigenvalue weighted by atomic mass is 10.0. The van der Waals surface area contributed by atoms with Gasteiger partial charge in [-0.1, -0.05) is 15.9 Å². The fourth-order valence-electron chi connectivity index (χ4n) is 2.13. The van der Waals surface area contributed by atoms with Crippen LogP contribution in [0.15, 0.2) is 27.1 Å². The van der Waals surface area contributed by atoms with Crippen LogP contribution in [0.25, 0.3) is 0 Å². The fraction of sp³-hybridized carbons (Fsp3) is 0.357. The number of aromatic nitrogens is 2. The molecule has 2 aromatic rings. The minimum absolute atomic E-state index is 0.368. The summed E-state index contributed by atoms with van der Waals surface area (Å²) < 4.78 is 16.7. The molecule has 0 spiro atoms. The summed E-state index contributed by atoms with van der Waals surface area (Å²) in [5.74, 6) is -0.368. The highest BCUT2D eigenvalue weighted by Gasteiger charge is 2.18. The molecule has 108 valence electrons. The van der Waals surface area contributed by atoms with Crippen molar-refractivity contribution in [3.8, 4) is 0 Å². The molecule has 1 N–H and O–H groups in total. The summed E-state index contributed by atoms with van der Waals surface area (Å²) in [6, 6.07) is 4.44. The number of aliphatic hydroxyl groups excluding tert-OH is 1. The molecule has 2 rings (SSSR count). The standard InChI is InChI=1S/C14H15Br2FN2O/c1-3-19-12(14(16)8(2)18-19)7-13(20)9-4-10(15)6-11(17)5-9/h4-6,13,20H,3,7H2,1-2H3. The first kappa shape index (κ1) is 15.7. The van der Waals surface area contributed by atoms with Crippen LogP contribution in [0.4, 0.5) is 4.39 Å². The number of benzene rings is 1. The molecule has 1 aromatic carbocycles. The Kier molecular flexibility index (Phi) is 4.99. The second-order valence-corrected chi connectivity index (χ2v) is 6.29. The van der Waals surface area contributed by atoms with E-state index >= 15 is 0 Å². The van der Waals surface area contributed by atoms with E-state index in [2.05, 4.69) is 37.0 Å². The molecule has 0 amide bonds. The normalized spacial score (nSPS) is 12.7. The van der Waals surface area contributed by atoms with Crippen LogP contribution in [-0.4, -0.2) is 14.9 Å². The van der Waals surface area contributed by atoms with Crippen molar-refractivity contribution in [2.45, 2.75) is 32.9 Å². The van der Waals surface area contributed by atoms with Crippen LogP contribution in [0, 0.1) is 12.7 Å². The number of hydrogen-bond donors (Lipinski definition) is 1. The van der Waals surface area contributed by atoms with E-state index in [1.54, 1.807) is 6.07 Å². The molecule has 0 aliphatic heterocycles. The number of halogens is 3. The zero-order chi connectivity index (χ0) is 14.9. The molecule has 1 atom stereocenters. The van der Waals surface area contributed by atoms with Crippen molar-refractivity contribution in [3.05, 3.63) is 49.9 Å². The Morgan fingerprint density at radius 3 is 2.65 bits per heavy atom. The first-order chi connectivity index (χ1) is 9.42. The molecule has 1 heterocycles. The van der Waals surface area contributed by atoms with Crippen LogP contribution in [0.3, 0.4) is 0 Å². The summed E-state index contributed by atoms with van der Waals surface area (Å²) in [6.45, 7) is 4.62. The van der Waals surface area contributed by atoms with E-state index in [4.69, 9.17) is 0 Å². The lowest BCUT2D eigenvalue weighted by molar-refractivity contribution is 0.174. The molecular weight excluding hydrogens is 391 g/mol. The molecule has 0 radical (unpaired) electrons. The van der Waals surface area contributed by atoms with Crippen LogP contribution < -0.4 is 0 Å². The van der Waals surface area contributed by atoms with Crippen molar-refractivity contribution in [2.75, 3.05) is 0 Å². The predicted octanol–water partition coefficient (Wildman–Crippen LogP) is 4.15. The van der Waals surface area contributed by atoms with Gasteiger partial charge in [-0.05, 0) is 53.5 Å². The summed E-state index contributed by atoms with van der Waals surface area (Å²) in [4.78, 5) is 0. The van der Waals surface area contributed by atoms with Crippen molar-refractivity contribution in [1.29, 1.82) is 0 Å². The third kappa shape index (κ3) is 3.30. The van der Waals surface area contributed by atoms with Crippen molar-refractivity contribution < 1.29 is 9.50 Å². The van der Waals surface area contributed by atoms with Crippen molar-refractivity contribution in [3.63, 3.8) is 0 Å². The molecule has 0 saturated heterocycles. The maximum Gasteiger partial charge on any atom is 0.124 e. The Morgan fingerprint density at radius 2 is 2.05 bits per heavy atom. The highest BCUT2D eigenvalue weighted by molar-refractivity contribution is 9.10. The monoisotopic (exact) mass is 404 g/mol. The highest BCUT2D eigenvalue weighted by atomic mass is 79.9. The zero-order valence-electron chi connectivity index (χ0n) is 11.2. The third-order valence-electron chi connectivity index (χ3n) is 3.11. The van der Waals surface area contributed by atoms with E-state index in [1.165, 1.54) is 12.1 Å². The molecule has 0 fully saturated rings. The van der Waals surface area contributed by atoms with Gasteiger partial charge in [-0.3, -0.25) is 4.68 Å². The molecule has 1 unspecified atom stereocenters. The molecule has 0 bridgehead atoms. The topological polar surface area (TPSA) is 38.0 Å². The smallest absolute Gasteiger partial charge is 0.124 e. The van der Waals surface area contributed by atoms with Gasteiger partial charge in [0.05, 0.1) is 22.0 Å². The molecule has 0 saturated carbocycles. The first-order valence-corrected chi connectivity index (χ1v) is 7.86. The molecule has 1 aromatic heterocycles. The van der Waals surface area contributed by atoms with Crippen LogP contribution >= 0.6 is 31.9 Å². The van der Waals surface area contributed by atoms with Gasteiger partial charge in [0.15, 0.2) is 0 Å². The van der Waals surface area contributed by atoms with E-state index < -0.39 is 6.10 Å². The summed E-state index contributed by atoms with van der Waals surface area (Å²) in [6.07, 6.45) is -0.398. The Hall–Kier alpha value is -0.720. The lowest BCUT2D eigenvalue weighted by Crippen LogP contribution is -2.09. The fourth-order valence-corrected chi connectivity index (χ4v) is 3.06. The predicted molar refractivity (Wildman–Crippen MR) is 83.1 cm³/mol. The Morgan fingerprint density at radius 1 is 1.35 bits per heavy atom. The number of rotatable bonds is 4. The number of aliphatic hydroxyl groups is 1. The highest BCUT2D eigenvalue weighted by Crippen LogP contribution is 2.28. The maximum absolute atomic E-state index is 13.4. The van der Waals surface area contributed by atoms with Gasteiger partial charge in [0, 0.05) is 17.4 Å². The lowest BCUT2D eigenvalue weighted by Gasteiger charge is -2.13. The van der Waals surface area contributed by atoms with Gasteiger partial charge < -0.3 is 5.11 Å². The summed E-state index contributed by atoms with van der Waals surface area (Å²) >= 11 is 6.73. The molecule has 0 aliphatic rings. The van der Waals surface area contributed by atoms with E-state index in [1.807, 2.05) is 18.5 Å². The number of hydrogen-bond acceptors (Lipinski definition) is 2. The van der Waals surface area contributed by atoms with Crippen LogP contribution in [-0.2, 0) is 13.0 Å². The van der Waals surface area contributed by atoms with Crippen molar-refractivity contribution >= 4 is 31.9 Å². The summed E-state index contributed by atoms with van der Waals surface area (Å²) in [5, 5.41) is 14.7. The van der Waals surface area contributed by atoms with Gasteiger partial charge in [-0.25, -0.2) is 4.39 Å². The van der Waals surface area contributed by atoms with Gasteiger partial charge in [-0.15, -0.1) is 0 Å². The number of nitrogens with zero attached hydrogens (tertiary/aromatic N) is 2. The Labute approximate surface area is 134 Å². The zero-order valence-corrected chi connectivity index (χ0v) is 14.4. The molecule has 0 aliphatic carbocycles. The molecule has 20 heavy (non-hydrogen) atoms. The quantitative estimate of drug-likeness (QED) is 0.829. The minimum Gasteiger partial charge on any atom is -0.388 e. The second kappa shape index (κ2) is 6.37. The Bertz CT molecular complexity index is 608. The molecule has 3 nitrogen and oxygen atoms in total. The minimum atomic E-state index is -0.778. The van der Waals surface area contributed by atoms with Crippen LogP contribution in [0.5, 0.6) is 0 Å². The van der Waals surface area contributed by atoms with Gasteiger partial charge in [-0.2, -0.15) is 5.10 Å². The van der Waals surface area contributed by atoms with Crippen molar-refractivity contribution in [1.82, 2.24) is 9.78 Å². The van der Waals surface area contributed by atoms with Crippen LogP contribution in [0.1, 0.15) is 30.0 Å². The largest absolute Gasteiger partial charge is 0.388 e. The van der Waals surface area contributed by atoms with Gasteiger partial charge in [0.25, 0.3) is 0 Å². The summed E-state index contributed by atoms with van der Waals surface area (Å²) in [7, 11) is 0. The second-order valence-electron chi connectivity index (χ2n) is 4.58. The average Bonchev–Trinajstić information content (AvgIpc) is 2.65. The maximum atomic E-state index is 13.4. The van der Waals surface area contributed by atoms with E-state index in [0.717, 1.165) is 22.4 Å². The van der Waals surface area contributed by atoms with E-state index in [0.29, 0.717) is 16.5 Å². The van der Waals surface area contributed by atoms with Gasteiger partial charge in [0.1, 0.15) is 5.82 Å². The van der Waals surface area contributed by atoms with Gasteiger partial charge >= 0.3 is 0 Å². The first-order valence-electron chi connectivity index (χ1n) is 6.28. The third-order valence-corrected chi connectivity index (χ3v) is 4.60. The van der Waals surface area contributed by atoms with E-state index in [9.17, 15) is 9.50 Å². The Balaban J connectivity index is 2.29. The van der Waals surface area contributed by atoms with Crippen LogP contribution in [0.2, 0.25) is 0 Å². The van der Waals surface area contributed by atoms with Gasteiger partial charge in [0.2, 0.25) is 0 Å². The van der Waals surface area contributed by atoms with Crippen molar-refractivity contribution in [2.24, 2.45) is 0 Å². The average molecular weight is 406 g/mol. The number of aryl methyl sites for hydroxylation is 2. The molecular formula is C14H15Br2FN2O. The molecule has 6 heteroatoms. The summed E-state index contributed by atoms with van der Waals surface area (Å²) in [5.41, 5.74) is 2.35. The van der Waals surface area contributed by atoms with E-state index in [-0.39, 0.29) is 5.82 Å². The SMILES string of the molecule is CCn1nc(C)c(Br)c1CC(O)c1cc(F)cc(Br)c1.